The zero-order valence-electron chi connectivity index (χ0n) is 15.4. The van der Waals surface area contributed by atoms with Crippen molar-refractivity contribution in [2.75, 3.05) is 13.2 Å². The standard InChI is InChI=1S/C16H20F8O5S/c17-13(18,14(19,20)29-15(21,22)16(23,24)30(25,26)27)8-28-7-12-4-9-1-10(5-12)3-11(2-9)6-12/h9-11H,1-8H2,(H,25,26,27). The van der Waals surface area contributed by atoms with Gasteiger partial charge in [0, 0.05) is 0 Å². The monoisotopic (exact) mass is 476 g/mol. The van der Waals surface area contributed by atoms with E-state index in [0.29, 0.717) is 37.0 Å². The maximum atomic E-state index is 13.8. The van der Waals surface area contributed by atoms with Crippen LogP contribution in [0.2, 0.25) is 0 Å². The van der Waals surface area contributed by atoms with Crippen LogP contribution in [-0.4, -0.2) is 49.6 Å². The van der Waals surface area contributed by atoms with Gasteiger partial charge < -0.3 is 4.74 Å². The van der Waals surface area contributed by atoms with E-state index in [-0.39, 0.29) is 6.61 Å². The summed E-state index contributed by atoms with van der Waals surface area (Å²) in [6.07, 6.45) is -7.79. The van der Waals surface area contributed by atoms with Crippen molar-refractivity contribution < 1.29 is 57.6 Å². The number of ether oxygens (including phenoxy) is 2. The van der Waals surface area contributed by atoms with Gasteiger partial charge >= 0.3 is 33.5 Å². The summed E-state index contributed by atoms with van der Waals surface area (Å²) in [7, 11) is -6.94. The Morgan fingerprint density at radius 2 is 1.27 bits per heavy atom. The summed E-state index contributed by atoms with van der Waals surface area (Å²) in [4.78, 5) is 0. The summed E-state index contributed by atoms with van der Waals surface area (Å²) in [6, 6.07) is 0. The van der Waals surface area contributed by atoms with Gasteiger partial charge in [-0.05, 0) is 61.7 Å². The normalized spacial score (nSPS) is 32.6. The molecule has 176 valence electrons. The fourth-order valence-corrected chi connectivity index (χ4v) is 5.73. The van der Waals surface area contributed by atoms with Gasteiger partial charge in [-0.2, -0.15) is 43.5 Å². The first-order chi connectivity index (χ1) is 13.4. The number of hydrogen-bond donors (Lipinski definition) is 1. The Balaban J connectivity index is 1.63. The molecule has 0 spiro atoms. The smallest absolute Gasteiger partial charge is 0.374 e. The molecular formula is C16H20F8O5S. The van der Waals surface area contributed by atoms with Crippen molar-refractivity contribution in [3.63, 3.8) is 0 Å². The lowest BCUT2D eigenvalue weighted by atomic mass is 9.50. The van der Waals surface area contributed by atoms with Crippen molar-refractivity contribution in [3.8, 4) is 0 Å². The number of hydrogen-bond acceptors (Lipinski definition) is 4. The van der Waals surface area contributed by atoms with Gasteiger partial charge in [0.2, 0.25) is 0 Å². The van der Waals surface area contributed by atoms with Crippen LogP contribution in [0.1, 0.15) is 38.5 Å². The van der Waals surface area contributed by atoms with Crippen molar-refractivity contribution in [1.82, 2.24) is 0 Å². The predicted molar refractivity (Wildman–Crippen MR) is 83.8 cm³/mol. The summed E-state index contributed by atoms with van der Waals surface area (Å²) >= 11 is 0. The minimum Gasteiger partial charge on any atom is -0.374 e. The molecule has 0 saturated heterocycles. The highest BCUT2D eigenvalue weighted by Crippen LogP contribution is 2.60. The molecule has 4 aliphatic carbocycles. The van der Waals surface area contributed by atoms with Crippen LogP contribution in [0.5, 0.6) is 0 Å². The van der Waals surface area contributed by atoms with Crippen LogP contribution in [0.3, 0.4) is 0 Å². The van der Waals surface area contributed by atoms with E-state index in [1.54, 1.807) is 0 Å². The third-order valence-electron chi connectivity index (χ3n) is 6.20. The third kappa shape index (κ3) is 4.16. The minimum atomic E-state index is -6.94. The van der Waals surface area contributed by atoms with Crippen LogP contribution in [-0.2, 0) is 19.6 Å². The Hall–Kier alpha value is -0.730. The molecule has 4 aliphatic rings. The first-order valence-corrected chi connectivity index (χ1v) is 10.6. The van der Waals surface area contributed by atoms with E-state index in [1.807, 2.05) is 0 Å². The topological polar surface area (TPSA) is 72.8 Å². The molecule has 0 unspecified atom stereocenters. The lowest BCUT2D eigenvalue weighted by molar-refractivity contribution is -0.459. The van der Waals surface area contributed by atoms with Crippen LogP contribution in [0, 0.1) is 23.2 Å². The van der Waals surface area contributed by atoms with E-state index in [0.717, 1.165) is 19.3 Å². The van der Waals surface area contributed by atoms with Gasteiger partial charge in [0.25, 0.3) is 0 Å². The summed E-state index contributed by atoms with van der Waals surface area (Å²) in [5.74, 6) is -4.29. The second-order valence-electron chi connectivity index (χ2n) is 8.74. The fraction of sp³-hybridized carbons (Fsp3) is 1.00. The van der Waals surface area contributed by atoms with Crippen molar-refractivity contribution in [2.24, 2.45) is 23.2 Å². The summed E-state index contributed by atoms with van der Waals surface area (Å²) < 4.78 is 143. The molecule has 14 heteroatoms. The van der Waals surface area contributed by atoms with Crippen LogP contribution < -0.4 is 0 Å². The van der Waals surface area contributed by atoms with Crippen LogP contribution in [0.25, 0.3) is 0 Å². The van der Waals surface area contributed by atoms with E-state index >= 15 is 0 Å². The Morgan fingerprint density at radius 1 is 0.833 bits per heavy atom. The number of rotatable bonds is 9. The van der Waals surface area contributed by atoms with Gasteiger partial charge in [-0.1, -0.05) is 0 Å². The molecular weight excluding hydrogens is 456 g/mol. The van der Waals surface area contributed by atoms with Gasteiger partial charge in [0.15, 0.2) is 0 Å². The van der Waals surface area contributed by atoms with Crippen molar-refractivity contribution in [1.29, 1.82) is 0 Å². The van der Waals surface area contributed by atoms with Crippen LogP contribution in [0.4, 0.5) is 35.1 Å². The number of alkyl halides is 8. The second kappa shape index (κ2) is 7.14. The summed E-state index contributed by atoms with van der Waals surface area (Å²) in [6.45, 7) is -2.42. The fourth-order valence-electron chi connectivity index (χ4n) is 5.39. The summed E-state index contributed by atoms with van der Waals surface area (Å²) in [5, 5.41) is -6.58. The second-order valence-corrected chi connectivity index (χ2v) is 10.2. The predicted octanol–water partition coefficient (Wildman–Crippen LogP) is 4.54. The highest BCUT2D eigenvalue weighted by atomic mass is 32.2. The molecule has 0 aromatic carbocycles. The highest BCUT2D eigenvalue weighted by Gasteiger charge is 2.74. The van der Waals surface area contributed by atoms with Gasteiger partial charge in [-0.3, -0.25) is 4.55 Å². The highest BCUT2D eigenvalue weighted by molar-refractivity contribution is 7.86. The maximum absolute atomic E-state index is 13.8. The van der Waals surface area contributed by atoms with Crippen molar-refractivity contribution in [3.05, 3.63) is 0 Å². The molecule has 0 amide bonds. The molecule has 4 saturated carbocycles. The minimum absolute atomic E-state index is 0.320. The Bertz CT molecular complexity index is 734. The third-order valence-corrected chi connectivity index (χ3v) is 7.09. The van der Waals surface area contributed by atoms with E-state index in [2.05, 4.69) is 4.74 Å². The molecule has 4 fully saturated rings. The average Bonchev–Trinajstić information content (AvgIpc) is 2.50. The average molecular weight is 476 g/mol. The van der Waals surface area contributed by atoms with Gasteiger partial charge in [-0.15, -0.1) is 0 Å². The molecule has 0 aromatic heterocycles. The van der Waals surface area contributed by atoms with Gasteiger partial charge in [0.05, 0.1) is 6.61 Å². The SMILES string of the molecule is O=S(=O)(O)C(F)(F)C(F)(F)OC(F)(F)C(F)(F)COCC12CC3CC(CC(C3)C1)C2. The first-order valence-electron chi connectivity index (χ1n) is 9.16. The van der Waals surface area contributed by atoms with Gasteiger partial charge in [0.1, 0.15) is 6.61 Å². The van der Waals surface area contributed by atoms with Crippen molar-refractivity contribution >= 4 is 10.1 Å². The Labute approximate surface area is 166 Å². The Morgan fingerprint density at radius 3 is 1.67 bits per heavy atom. The zero-order chi connectivity index (χ0) is 22.8. The van der Waals surface area contributed by atoms with E-state index in [9.17, 15) is 43.5 Å². The van der Waals surface area contributed by atoms with Crippen molar-refractivity contribution in [2.45, 2.75) is 61.9 Å². The Kier molecular flexibility index (Phi) is 5.69. The molecule has 1 N–H and O–H groups in total. The molecule has 0 aromatic rings. The lowest BCUT2D eigenvalue weighted by Gasteiger charge is -2.56. The molecule has 4 rings (SSSR count). The quantitative estimate of drug-likeness (QED) is 0.391. The molecule has 0 heterocycles. The van der Waals surface area contributed by atoms with E-state index in [4.69, 9.17) is 9.29 Å². The van der Waals surface area contributed by atoms with Crippen LogP contribution in [0.15, 0.2) is 0 Å². The molecule has 0 atom stereocenters. The summed E-state index contributed by atoms with van der Waals surface area (Å²) in [5.41, 5.74) is -0.469. The van der Waals surface area contributed by atoms with E-state index < -0.39 is 45.5 Å². The molecule has 4 bridgehead atoms. The lowest BCUT2D eigenvalue weighted by Crippen LogP contribution is -2.57. The largest absolute Gasteiger partial charge is 0.460 e. The van der Waals surface area contributed by atoms with E-state index in [1.165, 1.54) is 0 Å². The molecule has 5 nitrogen and oxygen atoms in total. The first kappa shape index (κ1) is 23.9. The number of halogens is 8. The maximum Gasteiger partial charge on any atom is 0.460 e. The molecule has 30 heavy (non-hydrogen) atoms. The van der Waals surface area contributed by atoms with Gasteiger partial charge in [-0.25, -0.2) is 4.74 Å². The zero-order valence-corrected chi connectivity index (χ0v) is 16.2. The van der Waals surface area contributed by atoms with Crippen LogP contribution >= 0.6 is 0 Å². The molecule has 0 radical (unpaired) electrons. The molecule has 0 aliphatic heterocycles.